The van der Waals surface area contributed by atoms with E-state index in [-0.39, 0.29) is 32.2 Å². The van der Waals surface area contributed by atoms with Crippen molar-refractivity contribution in [2.24, 2.45) is 5.41 Å². The molecule has 1 heterocycles. The maximum Gasteiger partial charge on any atom is 0.347 e. The molecule has 52 heavy (non-hydrogen) atoms. The van der Waals surface area contributed by atoms with E-state index in [2.05, 4.69) is 30.8 Å². The van der Waals surface area contributed by atoms with Gasteiger partial charge in [0.1, 0.15) is 12.4 Å². The minimum absolute atomic E-state index is 0.164. The van der Waals surface area contributed by atoms with Crippen LogP contribution >= 0.6 is 0 Å². The second-order valence-electron chi connectivity index (χ2n) is 12.4. The Bertz CT molecular complexity index is 1880. The summed E-state index contributed by atoms with van der Waals surface area (Å²) in [7, 11) is 0. The molecule has 0 amide bonds. The number of carbonyl (C=O) groups is 1. The fourth-order valence-corrected chi connectivity index (χ4v) is 5.23. The Morgan fingerprint density at radius 3 is 1.62 bits per heavy atom. The Kier molecular flexibility index (Phi) is 13.0. The number of hydrogen-bond acceptors (Lipinski definition) is 9. The average Bonchev–Trinajstić information content (AvgIpc) is 3.21. The predicted molar refractivity (Wildman–Crippen MR) is 203 cm³/mol. The third-order valence-corrected chi connectivity index (χ3v) is 8.75. The van der Waals surface area contributed by atoms with Crippen LogP contribution in [0.5, 0.6) is 0 Å². The van der Waals surface area contributed by atoms with Crippen molar-refractivity contribution in [3.05, 3.63) is 146 Å². The number of allylic oxidation sites excluding steroid dienone is 3. The molecule has 4 aromatic carbocycles. The molecule has 0 bridgehead atoms. The molecule has 266 valence electrons. The van der Waals surface area contributed by atoms with Crippen molar-refractivity contribution < 1.29 is 29.6 Å². The first-order chi connectivity index (χ1) is 25.3. The van der Waals surface area contributed by atoms with Gasteiger partial charge in [0.15, 0.2) is 23.6 Å². The molecule has 0 aliphatic rings. The van der Waals surface area contributed by atoms with E-state index in [9.17, 15) is 20.1 Å². The van der Waals surface area contributed by atoms with Gasteiger partial charge in [-0.05, 0) is 53.8 Å². The smallest absolute Gasteiger partial charge is 0.347 e. The summed E-state index contributed by atoms with van der Waals surface area (Å²) in [6.07, 6.45) is 3.97. The molecule has 0 radical (unpaired) electrons. The van der Waals surface area contributed by atoms with Crippen LogP contribution in [0.1, 0.15) is 26.1 Å². The van der Waals surface area contributed by atoms with Gasteiger partial charge in [0, 0.05) is 16.7 Å². The number of aliphatic hydroxyl groups is 3. The number of esters is 1. The van der Waals surface area contributed by atoms with Gasteiger partial charge < -0.3 is 24.8 Å². The summed E-state index contributed by atoms with van der Waals surface area (Å²) >= 11 is 0. The van der Waals surface area contributed by atoms with Crippen molar-refractivity contribution in [1.82, 2.24) is 15.0 Å². The van der Waals surface area contributed by atoms with Gasteiger partial charge in [-0.15, -0.1) is 0 Å². The molecule has 0 aliphatic carbocycles. The lowest BCUT2D eigenvalue weighted by atomic mass is 9.88. The second-order valence-corrected chi connectivity index (χ2v) is 12.4. The Labute approximate surface area is 304 Å². The molecule has 0 aliphatic heterocycles. The normalized spacial score (nSPS) is 12.4. The minimum atomic E-state index is -1.05. The van der Waals surface area contributed by atoms with Gasteiger partial charge >= 0.3 is 5.97 Å². The van der Waals surface area contributed by atoms with Gasteiger partial charge in [-0.2, -0.15) is 0 Å². The summed E-state index contributed by atoms with van der Waals surface area (Å²) in [6.45, 7) is 6.34. The van der Waals surface area contributed by atoms with E-state index in [4.69, 9.17) is 24.4 Å². The van der Waals surface area contributed by atoms with Crippen molar-refractivity contribution >= 4 is 11.5 Å². The molecule has 9 nitrogen and oxygen atoms in total. The zero-order valence-corrected chi connectivity index (χ0v) is 29.4. The van der Waals surface area contributed by atoms with E-state index >= 15 is 0 Å². The maximum atomic E-state index is 12.7. The van der Waals surface area contributed by atoms with E-state index in [0.29, 0.717) is 29.5 Å². The number of ether oxygens (including phenoxy) is 2. The Hall–Kier alpha value is -5.74. The largest absolute Gasteiger partial charge is 0.479 e. The number of carbonyl (C=O) groups excluding carboxylic acids is 1. The Balaban J connectivity index is 1.41. The first-order valence-electron chi connectivity index (χ1n) is 17.1. The van der Waals surface area contributed by atoms with Crippen LogP contribution in [-0.2, 0) is 14.3 Å². The lowest BCUT2D eigenvalue weighted by Gasteiger charge is -2.28. The third kappa shape index (κ3) is 9.52. The highest BCUT2D eigenvalue weighted by Gasteiger charge is 2.30. The number of aliphatic hydroxyl groups excluding tert-OH is 3. The van der Waals surface area contributed by atoms with E-state index in [1.165, 1.54) is 13.0 Å². The van der Waals surface area contributed by atoms with Gasteiger partial charge in [-0.25, -0.2) is 19.7 Å². The fourth-order valence-electron chi connectivity index (χ4n) is 5.23. The molecular weight excluding hydrogens is 654 g/mol. The summed E-state index contributed by atoms with van der Waals surface area (Å²) in [4.78, 5) is 27.1. The van der Waals surface area contributed by atoms with Crippen LogP contribution < -0.4 is 0 Å². The number of aromatic nitrogens is 3. The molecule has 9 heteroatoms. The Morgan fingerprint density at radius 2 is 1.17 bits per heavy atom. The molecular formula is C43H43N3O6. The first kappa shape index (κ1) is 37.5. The van der Waals surface area contributed by atoms with Crippen LogP contribution in [0.3, 0.4) is 0 Å². The SMILES string of the molecule is C=C(/C=C\C(=C/CO)OC(C)C(=O)OCC(CC)(CO)CO)c1nc(-c2ccc(-c3ccccc3)cc2)nc(-c2ccc(-c3ccccc3)cc2)n1. The van der Waals surface area contributed by atoms with Crippen LogP contribution in [0.2, 0.25) is 0 Å². The summed E-state index contributed by atoms with van der Waals surface area (Å²) in [6, 6.07) is 36.2. The zero-order chi connectivity index (χ0) is 36.9. The van der Waals surface area contributed by atoms with Crippen LogP contribution in [-0.4, -0.2) is 68.8 Å². The van der Waals surface area contributed by atoms with Gasteiger partial charge in [0.05, 0.1) is 25.2 Å². The topological polar surface area (TPSA) is 135 Å². The monoisotopic (exact) mass is 697 g/mol. The molecule has 0 saturated heterocycles. The third-order valence-electron chi connectivity index (χ3n) is 8.75. The highest BCUT2D eigenvalue weighted by molar-refractivity contribution is 5.75. The van der Waals surface area contributed by atoms with E-state index < -0.39 is 17.5 Å². The minimum Gasteiger partial charge on any atom is -0.479 e. The fraction of sp³-hybridized carbons (Fsp3) is 0.209. The van der Waals surface area contributed by atoms with Crippen LogP contribution in [0.4, 0.5) is 0 Å². The lowest BCUT2D eigenvalue weighted by molar-refractivity contribution is -0.159. The summed E-state index contributed by atoms with van der Waals surface area (Å²) in [5, 5.41) is 29.0. The highest BCUT2D eigenvalue weighted by atomic mass is 16.6. The van der Waals surface area contributed by atoms with E-state index in [0.717, 1.165) is 33.4 Å². The average molecular weight is 698 g/mol. The number of rotatable bonds is 16. The predicted octanol–water partition coefficient (Wildman–Crippen LogP) is 7.31. The molecule has 5 aromatic rings. The lowest BCUT2D eigenvalue weighted by Crippen LogP contribution is -2.37. The van der Waals surface area contributed by atoms with Crippen LogP contribution in [0.15, 0.2) is 140 Å². The van der Waals surface area contributed by atoms with E-state index in [1.54, 1.807) is 19.1 Å². The molecule has 1 atom stereocenters. The molecule has 5 rings (SSSR count). The number of hydrogen-bond donors (Lipinski definition) is 3. The summed E-state index contributed by atoms with van der Waals surface area (Å²) in [5.74, 6) is 0.777. The molecule has 0 spiro atoms. The van der Waals surface area contributed by atoms with Crippen molar-refractivity contribution in [2.75, 3.05) is 26.4 Å². The standard InChI is InChI=1S/C43H43N3O6/c1-4-43(27-48,28-49)29-51-42(50)31(3)52-38(25-26-47)24-15-30(2)39-44-40(36-20-16-34(17-21-36)32-11-7-5-8-12-32)46-41(45-39)37-22-18-35(19-23-37)33-13-9-6-10-14-33/h5-25,31,47-49H,2,4,26-29H2,1,3H3/b24-15-,38-25+. The maximum absolute atomic E-state index is 12.7. The quantitative estimate of drug-likeness (QED) is 0.0551. The molecule has 1 unspecified atom stereocenters. The molecule has 0 fully saturated rings. The summed E-state index contributed by atoms with van der Waals surface area (Å²) < 4.78 is 11.2. The number of nitrogens with zero attached hydrogens (tertiary/aromatic N) is 3. The van der Waals surface area contributed by atoms with Gasteiger partial charge in [0.2, 0.25) is 0 Å². The van der Waals surface area contributed by atoms with Gasteiger partial charge in [-0.1, -0.05) is 123 Å². The van der Waals surface area contributed by atoms with Crippen LogP contribution in [0, 0.1) is 5.41 Å². The van der Waals surface area contributed by atoms with Gasteiger partial charge in [-0.3, -0.25) is 0 Å². The molecule has 3 N–H and O–H groups in total. The first-order valence-corrected chi connectivity index (χ1v) is 17.1. The van der Waals surface area contributed by atoms with Crippen molar-refractivity contribution in [1.29, 1.82) is 0 Å². The highest BCUT2D eigenvalue weighted by Crippen LogP contribution is 2.28. The van der Waals surface area contributed by atoms with Gasteiger partial charge in [0.25, 0.3) is 0 Å². The molecule has 0 saturated carbocycles. The Morgan fingerprint density at radius 1 is 0.712 bits per heavy atom. The van der Waals surface area contributed by atoms with E-state index in [1.807, 2.05) is 84.9 Å². The van der Waals surface area contributed by atoms with Crippen molar-refractivity contribution in [3.8, 4) is 45.0 Å². The second kappa shape index (κ2) is 18.0. The van der Waals surface area contributed by atoms with Crippen molar-refractivity contribution in [2.45, 2.75) is 26.4 Å². The van der Waals surface area contributed by atoms with Crippen molar-refractivity contribution in [3.63, 3.8) is 0 Å². The molecule has 1 aromatic heterocycles. The number of benzene rings is 4. The zero-order valence-electron chi connectivity index (χ0n) is 29.4. The van der Waals surface area contributed by atoms with Crippen LogP contribution in [0.25, 0.3) is 50.6 Å². The summed E-state index contributed by atoms with van der Waals surface area (Å²) in [5.41, 5.74) is 5.43.